The second-order valence-corrected chi connectivity index (χ2v) is 35.9. The summed E-state index contributed by atoms with van der Waals surface area (Å²) in [4.78, 5) is 69.7. The highest BCUT2D eigenvalue weighted by atomic mass is 79.9. The number of hydrogen-bond acceptors (Lipinski definition) is 26. The lowest BCUT2D eigenvalue weighted by atomic mass is 9.80. The van der Waals surface area contributed by atoms with Crippen molar-refractivity contribution in [1.29, 1.82) is 0 Å². The summed E-state index contributed by atoms with van der Waals surface area (Å²) in [5.74, 6) is 0.775. The molecule has 6 aromatic heterocycles. The number of halogens is 4. The number of phenols is 1. The van der Waals surface area contributed by atoms with Crippen LogP contribution in [0.2, 0.25) is 0 Å². The number of nitrogens with zero attached hydrogens (tertiary/aromatic N) is 9. The van der Waals surface area contributed by atoms with E-state index in [4.69, 9.17) is 62.2 Å². The molecule has 6 saturated heterocycles. The Morgan fingerprint density at radius 2 is 0.808 bits per heavy atom. The number of piperidine rings is 3. The van der Waals surface area contributed by atoms with Crippen LogP contribution in [0.5, 0.6) is 34.9 Å². The first-order chi connectivity index (χ1) is 58.0. The van der Waals surface area contributed by atoms with Crippen LogP contribution in [0.25, 0.3) is 52.9 Å². The molecule has 34 heteroatoms. The van der Waals surface area contributed by atoms with Gasteiger partial charge in [-0.2, -0.15) is 0 Å². The molecule has 6 aliphatic heterocycles. The smallest absolute Gasteiger partial charge is 0.491 e. The average Bonchev–Trinajstić information content (AvgIpc) is 1.24. The number of aromatic hydroxyl groups is 1. The van der Waals surface area contributed by atoms with E-state index in [1.807, 2.05) is 102 Å². The van der Waals surface area contributed by atoms with Gasteiger partial charge in [-0.1, -0.05) is 66.7 Å². The van der Waals surface area contributed by atoms with E-state index in [0.29, 0.717) is 155 Å². The topological polar surface area (TPSA) is 300 Å². The van der Waals surface area contributed by atoms with Crippen molar-refractivity contribution in [3.8, 4) is 57.1 Å². The molecule has 3 saturated carbocycles. The van der Waals surface area contributed by atoms with Gasteiger partial charge >= 0.3 is 25.4 Å². The van der Waals surface area contributed by atoms with E-state index in [1.165, 1.54) is 72.0 Å². The maximum absolute atomic E-state index is 15.3. The number of carbonyl (C=O) groups is 3. The predicted molar refractivity (Wildman–Crippen MR) is 444 cm³/mol. The third-order valence-corrected chi connectivity index (χ3v) is 26.8. The van der Waals surface area contributed by atoms with Gasteiger partial charge in [-0.15, -0.1) is 34.0 Å². The number of fused-ring (bicyclic) bond motifs is 9. The number of aromatic nitrogens is 6. The zero-order valence-electron chi connectivity index (χ0n) is 65.7. The SMILES string of the molecule is CC1(OC(=O)N2CC3COCC(C2)C3Oc2ncnc3c(-c4ccc(O)cc4F)csc23)CC1.CC1(OC(=O)N2CC3COCC(C2)C3Oc2ncnc3c(-c4ccc(OCc5ccccc5)cc4F)csc23)CC1.CC1(OC(=O)N2CC3COCC(C2)C3Oc2ncnc3c(Br)csc23)CC1.OB(O)c1ccc(OCc2ccccc2)cc1F. The van der Waals surface area contributed by atoms with Gasteiger partial charge < -0.3 is 82.0 Å². The molecule has 26 nitrogen and oxygen atoms in total. The normalized spacial score (nSPS) is 22.9. The lowest BCUT2D eigenvalue weighted by Gasteiger charge is -2.46. The number of phenolic OH excluding ortho intramolecular Hbond substituents is 1. The second kappa shape index (κ2) is 35.2. The van der Waals surface area contributed by atoms with Gasteiger partial charge in [-0.25, -0.2) is 57.5 Å². The zero-order chi connectivity index (χ0) is 83.0. The lowest BCUT2D eigenvalue weighted by Crippen LogP contribution is -2.59. The van der Waals surface area contributed by atoms with Crippen LogP contribution < -0.4 is 29.1 Å². The van der Waals surface area contributed by atoms with Crippen molar-refractivity contribution >= 4 is 111 Å². The molecule has 0 spiro atoms. The zero-order valence-corrected chi connectivity index (χ0v) is 69.7. The quantitative estimate of drug-likeness (QED) is 0.0531. The number of thiophene rings is 3. The Labute approximate surface area is 709 Å². The van der Waals surface area contributed by atoms with Gasteiger partial charge in [0, 0.05) is 137 Å². The molecule has 0 radical (unpaired) electrons. The van der Waals surface area contributed by atoms with Crippen molar-refractivity contribution in [3.63, 3.8) is 0 Å². The van der Waals surface area contributed by atoms with Crippen molar-refractivity contribution < 1.29 is 94.8 Å². The fourth-order valence-electron chi connectivity index (χ4n) is 15.7. The first-order valence-corrected chi connectivity index (χ1v) is 43.2. The van der Waals surface area contributed by atoms with Crippen LogP contribution in [0.4, 0.5) is 27.6 Å². The summed E-state index contributed by atoms with van der Waals surface area (Å²) in [6.45, 7) is 12.9. The molecule has 6 bridgehead atoms. The van der Waals surface area contributed by atoms with Crippen LogP contribution in [0, 0.1) is 53.0 Å². The first kappa shape index (κ1) is 82.3. The Morgan fingerprint density at radius 1 is 0.458 bits per heavy atom. The minimum Gasteiger partial charge on any atom is -0.508 e. The Bertz CT molecular complexity index is 5500. The minimum atomic E-state index is -1.81. The monoisotopic (exact) mass is 1760 g/mol. The third kappa shape index (κ3) is 18.9. The Morgan fingerprint density at radius 3 is 1.18 bits per heavy atom. The largest absolute Gasteiger partial charge is 0.508 e. The molecule has 9 fully saturated rings. The summed E-state index contributed by atoms with van der Waals surface area (Å²) >= 11 is 7.89. The van der Waals surface area contributed by atoms with E-state index < -0.39 is 18.8 Å². The highest BCUT2D eigenvalue weighted by Gasteiger charge is 2.51. The van der Waals surface area contributed by atoms with Crippen LogP contribution in [-0.4, -0.2) is 199 Å². The number of carbonyl (C=O) groups excluding carboxylic acids is 3. The highest BCUT2D eigenvalue weighted by molar-refractivity contribution is 9.10. The van der Waals surface area contributed by atoms with Gasteiger partial charge in [0.2, 0.25) is 17.6 Å². The van der Waals surface area contributed by atoms with Gasteiger partial charge in [0.05, 0.1) is 55.1 Å². The maximum Gasteiger partial charge on any atom is 0.491 e. The molecule has 9 aliphatic rings. The molecule has 6 unspecified atom stereocenters. The fraction of sp³-hybridized carbons (Fsp3) is 0.407. The number of hydrogen-bond donors (Lipinski definition) is 3. The molecule has 120 heavy (non-hydrogen) atoms. The van der Waals surface area contributed by atoms with Crippen LogP contribution in [-0.2, 0) is 41.6 Å². The summed E-state index contributed by atoms with van der Waals surface area (Å²) in [6.07, 6.45) is 8.87. The minimum absolute atomic E-state index is 0.00705. The lowest BCUT2D eigenvalue weighted by molar-refractivity contribution is -0.111. The summed E-state index contributed by atoms with van der Waals surface area (Å²) in [5, 5.41) is 33.0. The molecule has 626 valence electrons. The van der Waals surface area contributed by atoms with Gasteiger partial charge in [0.25, 0.3) is 0 Å². The molecule has 3 N–H and O–H groups in total. The van der Waals surface area contributed by atoms with E-state index in [2.05, 4.69) is 45.8 Å². The van der Waals surface area contributed by atoms with Crippen molar-refractivity contribution in [2.45, 2.75) is 108 Å². The Hall–Kier alpha value is -10.0. The third-order valence-electron chi connectivity index (χ3n) is 23.0. The molecule has 3 aliphatic carbocycles. The maximum atomic E-state index is 15.3. The predicted octanol–water partition coefficient (Wildman–Crippen LogP) is 14.9. The summed E-state index contributed by atoms with van der Waals surface area (Å²) in [7, 11) is -1.81. The molecule has 3 amide bonds. The summed E-state index contributed by atoms with van der Waals surface area (Å²) in [6, 6.07) is 32.2. The van der Waals surface area contributed by atoms with Crippen LogP contribution in [0.3, 0.4) is 0 Å². The van der Waals surface area contributed by atoms with E-state index >= 15 is 4.39 Å². The van der Waals surface area contributed by atoms with E-state index in [9.17, 15) is 28.3 Å². The van der Waals surface area contributed by atoms with Crippen LogP contribution >= 0.6 is 49.9 Å². The summed E-state index contributed by atoms with van der Waals surface area (Å²) in [5.41, 5.74) is 5.15. The van der Waals surface area contributed by atoms with E-state index in [1.54, 1.807) is 33.3 Å². The van der Waals surface area contributed by atoms with E-state index in [0.717, 1.165) is 85.9 Å². The average molecular weight is 1760 g/mol. The molecular formula is C86H86BBrF3N9O17S3. The fourth-order valence-corrected chi connectivity index (χ4v) is 19.1. The Balaban J connectivity index is 0.000000118. The number of benzene rings is 5. The van der Waals surface area contributed by atoms with Crippen LogP contribution in [0.1, 0.15) is 70.4 Å². The molecule has 6 atom stereocenters. The van der Waals surface area contributed by atoms with Crippen molar-refractivity contribution in [3.05, 3.63) is 183 Å². The van der Waals surface area contributed by atoms with Crippen LogP contribution in [0.15, 0.2) is 155 Å². The summed E-state index contributed by atoms with van der Waals surface area (Å²) < 4.78 is 111. The highest BCUT2D eigenvalue weighted by Crippen LogP contribution is 2.47. The Kier molecular flexibility index (Phi) is 24.1. The number of ether oxygens (including phenoxy) is 11. The molecular weight excluding hydrogens is 1670 g/mol. The molecule has 12 heterocycles. The van der Waals surface area contributed by atoms with Gasteiger partial charge in [-0.3, -0.25) is 0 Å². The first-order valence-electron chi connectivity index (χ1n) is 39.8. The van der Waals surface area contributed by atoms with Gasteiger partial charge in [0.1, 0.15) is 122 Å². The van der Waals surface area contributed by atoms with E-state index in [-0.39, 0.29) is 106 Å². The van der Waals surface area contributed by atoms with Gasteiger partial charge in [0.15, 0.2) is 0 Å². The van der Waals surface area contributed by atoms with Crippen molar-refractivity contribution in [2.75, 3.05) is 78.9 Å². The number of amides is 3. The standard InChI is InChI=1S/C31H30FN3O5S.C24H24FN3O5S.C18H20BrN3O4S.C13H12BFO3/c1-31(9-10-31)40-30(36)35-12-20-15-37-16-21(13-35)27(20)39-29-28-26(33-18-34-29)24(17-41-28)23-8-7-22(11-25(23)32)38-14-19-5-3-2-4-6-19;1-24(4-5-24)33-23(30)28-7-13-9-31-10-14(8-28)20(13)32-22-21-19(26-12-27-22)17(11-34-21)16-3-2-15(29)6-18(16)25;1-18(2-3-18)26-17(23)22-4-10-6-24-7-11(5-22)14(10)25-16-15-13(20-9-21-16)12(19)8-27-15;15-13-8-11(6-7-12(13)14(16)17)18-9-10-4-2-1-3-5-10/h2-8,11,17-18,20-21,27H,9-10,12-16H2,1H3;2-3,6,11-14,20,29H,4-5,7-10H2,1H3;8-11,14H,2-7H2,1H3;1-8,16-17H,9H2. The second-order valence-electron chi connectivity index (χ2n) is 32.5. The van der Waals surface area contributed by atoms with Crippen molar-refractivity contribution in [2.24, 2.45) is 35.5 Å². The molecule has 11 aromatic rings. The van der Waals surface area contributed by atoms with Crippen molar-refractivity contribution in [1.82, 2.24) is 44.6 Å². The number of likely N-dealkylation sites (tertiary alicyclic amines) is 3. The molecule has 5 aromatic carbocycles. The molecule has 20 rings (SSSR count). The van der Waals surface area contributed by atoms with Gasteiger partial charge in [-0.05, 0) is 117 Å². The number of rotatable bonds is 18.